The summed E-state index contributed by atoms with van der Waals surface area (Å²) in [6, 6.07) is 19.1. The Bertz CT molecular complexity index is 1140. The molecule has 0 bridgehead atoms. The van der Waals surface area contributed by atoms with Crippen LogP contribution in [0.2, 0.25) is 5.02 Å². The minimum absolute atomic E-state index is 0.192. The molecule has 144 valence electrons. The average molecular weight is 402 g/mol. The first-order chi connectivity index (χ1) is 14.2. The molecule has 2 N–H and O–H groups in total. The highest BCUT2D eigenvalue weighted by Gasteiger charge is 2.21. The monoisotopic (exact) mass is 401 g/mol. The molecule has 0 aliphatic heterocycles. The van der Waals surface area contributed by atoms with Crippen LogP contribution in [0.1, 0.15) is 22.7 Å². The van der Waals surface area contributed by atoms with Crippen molar-refractivity contribution in [2.75, 3.05) is 5.32 Å². The quantitative estimate of drug-likeness (QED) is 0.394. The van der Waals surface area contributed by atoms with Crippen molar-refractivity contribution in [1.82, 2.24) is 9.97 Å². The number of phenols is 1. The molecule has 0 aliphatic carbocycles. The minimum atomic E-state index is -0.210. The number of benzene rings is 2. The third kappa shape index (κ3) is 3.93. The van der Waals surface area contributed by atoms with Crippen molar-refractivity contribution in [3.63, 3.8) is 0 Å². The number of rotatable bonds is 6. The Balaban J connectivity index is 1.94. The van der Waals surface area contributed by atoms with Gasteiger partial charge in [-0.15, -0.1) is 6.58 Å². The largest absolute Gasteiger partial charge is 0.505 e. The Hall–Kier alpha value is -3.37. The zero-order valence-electron chi connectivity index (χ0n) is 15.7. The normalized spacial score (nSPS) is 11.9. The fourth-order valence-electron chi connectivity index (χ4n) is 3.45. The minimum Gasteiger partial charge on any atom is -0.505 e. The summed E-state index contributed by atoms with van der Waals surface area (Å²) >= 11 is 6.12. The predicted octanol–water partition coefficient (Wildman–Crippen LogP) is 5.92. The molecule has 0 unspecified atom stereocenters. The van der Waals surface area contributed by atoms with Crippen molar-refractivity contribution < 1.29 is 5.11 Å². The molecule has 4 nitrogen and oxygen atoms in total. The zero-order chi connectivity index (χ0) is 20.2. The van der Waals surface area contributed by atoms with Gasteiger partial charge in [0.05, 0.1) is 6.04 Å². The molecule has 4 rings (SSSR count). The van der Waals surface area contributed by atoms with E-state index in [1.54, 1.807) is 18.5 Å². The van der Waals surface area contributed by atoms with E-state index in [-0.39, 0.29) is 11.8 Å². The first-order valence-corrected chi connectivity index (χ1v) is 9.68. The maximum atomic E-state index is 10.7. The number of halogens is 1. The van der Waals surface area contributed by atoms with E-state index in [0.29, 0.717) is 17.0 Å². The number of nitrogens with one attached hydrogen (secondary N) is 1. The molecule has 0 spiro atoms. The topological polar surface area (TPSA) is 58.0 Å². The number of hydrogen-bond donors (Lipinski definition) is 2. The summed E-state index contributed by atoms with van der Waals surface area (Å²) in [6.45, 7) is 3.82. The molecule has 1 atom stereocenters. The molecule has 2 aromatic carbocycles. The highest BCUT2D eigenvalue weighted by atomic mass is 35.5. The lowest BCUT2D eigenvalue weighted by atomic mass is 9.92. The summed E-state index contributed by atoms with van der Waals surface area (Å²) in [4.78, 5) is 8.86. The lowest BCUT2D eigenvalue weighted by Gasteiger charge is -2.23. The van der Waals surface area contributed by atoms with Crippen molar-refractivity contribution in [2.24, 2.45) is 0 Å². The Morgan fingerprint density at radius 2 is 1.83 bits per heavy atom. The van der Waals surface area contributed by atoms with Crippen molar-refractivity contribution in [3.8, 4) is 5.75 Å². The second kappa shape index (κ2) is 8.33. The first kappa shape index (κ1) is 19.0. The predicted molar refractivity (Wildman–Crippen MR) is 118 cm³/mol. The van der Waals surface area contributed by atoms with Crippen LogP contribution in [-0.4, -0.2) is 15.1 Å². The lowest BCUT2D eigenvalue weighted by Crippen LogP contribution is -2.14. The molecular formula is C24H20ClN3O. The second-order valence-corrected chi connectivity index (χ2v) is 7.15. The number of aromatic nitrogens is 2. The van der Waals surface area contributed by atoms with E-state index in [1.807, 2.05) is 60.7 Å². The average Bonchev–Trinajstić information content (AvgIpc) is 2.76. The van der Waals surface area contributed by atoms with E-state index >= 15 is 0 Å². The van der Waals surface area contributed by atoms with E-state index in [9.17, 15) is 5.11 Å². The molecule has 29 heavy (non-hydrogen) atoms. The molecule has 0 amide bonds. The van der Waals surface area contributed by atoms with Gasteiger partial charge in [-0.25, -0.2) is 4.98 Å². The number of hydrogen-bond acceptors (Lipinski definition) is 4. The Kier molecular flexibility index (Phi) is 5.45. The van der Waals surface area contributed by atoms with Crippen LogP contribution in [0.4, 0.5) is 5.82 Å². The van der Waals surface area contributed by atoms with E-state index in [2.05, 4.69) is 21.9 Å². The molecule has 0 saturated heterocycles. The number of allylic oxidation sites excluding steroid dienone is 1. The van der Waals surface area contributed by atoms with Gasteiger partial charge in [-0.3, -0.25) is 4.98 Å². The molecule has 2 heterocycles. The summed E-state index contributed by atoms with van der Waals surface area (Å²) in [5.74, 6) is 0.944. The van der Waals surface area contributed by atoms with Crippen molar-refractivity contribution in [2.45, 2.75) is 12.5 Å². The number of anilines is 1. The molecule has 0 radical (unpaired) electrons. The number of nitrogens with zero attached hydrogens (tertiary/aromatic N) is 2. The highest BCUT2D eigenvalue weighted by Crippen LogP contribution is 2.37. The lowest BCUT2D eigenvalue weighted by molar-refractivity contribution is 0.474. The van der Waals surface area contributed by atoms with Crippen LogP contribution in [0.3, 0.4) is 0 Å². The fraction of sp³-hybridized carbons (Fsp3) is 0.0833. The van der Waals surface area contributed by atoms with E-state index in [1.165, 1.54) is 0 Å². The third-order valence-corrected chi connectivity index (χ3v) is 5.06. The third-order valence-electron chi connectivity index (χ3n) is 4.81. The molecule has 4 aromatic rings. The fourth-order valence-corrected chi connectivity index (χ4v) is 3.58. The van der Waals surface area contributed by atoms with Gasteiger partial charge in [-0.05, 0) is 53.9 Å². The number of fused-ring (bicyclic) bond motifs is 1. The molecule has 0 fully saturated rings. The molecule has 0 aliphatic rings. The maximum absolute atomic E-state index is 10.7. The van der Waals surface area contributed by atoms with E-state index in [0.717, 1.165) is 27.9 Å². The van der Waals surface area contributed by atoms with Gasteiger partial charge in [0, 0.05) is 28.4 Å². The Morgan fingerprint density at radius 1 is 1.03 bits per heavy atom. The van der Waals surface area contributed by atoms with E-state index in [4.69, 9.17) is 11.6 Å². The van der Waals surface area contributed by atoms with Gasteiger partial charge in [-0.1, -0.05) is 41.9 Å². The van der Waals surface area contributed by atoms with Crippen molar-refractivity contribution >= 4 is 28.3 Å². The number of aromatic hydroxyl groups is 1. The smallest absolute Gasteiger partial charge is 0.145 e. The van der Waals surface area contributed by atoms with Gasteiger partial charge < -0.3 is 10.4 Å². The van der Waals surface area contributed by atoms with Crippen molar-refractivity contribution in [1.29, 1.82) is 0 Å². The summed E-state index contributed by atoms with van der Waals surface area (Å²) in [6.07, 6.45) is 5.76. The van der Waals surface area contributed by atoms with Gasteiger partial charge in [-0.2, -0.15) is 0 Å². The number of pyridine rings is 2. The highest BCUT2D eigenvalue weighted by molar-refractivity contribution is 6.30. The molecule has 5 heteroatoms. The van der Waals surface area contributed by atoms with Crippen LogP contribution in [0.5, 0.6) is 5.75 Å². The zero-order valence-corrected chi connectivity index (χ0v) is 16.5. The van der Waals surface area contributed by atoms with Crippen molar-refractivity contribution in [3.05, 3.63) is 107 Å². The Morgan fingerprint density at radius 3 is 2.55 bits per heavy atom. The van der Waals surface area contributed by atoms with Crippen LogP contribution >= 0.6 is 11.6 Å². The Labute approximate surface area is 174 Å². The van der Waals surface area contributed by atoms with Crippen LogP contribution < -0.4 is 5.32 Å². The van der Waals surface area contributed by atoms with Crippen LogP contribution in [0.15, 0.2) is 85.7 Å². The van der Waals surface area contributed by atoms with E-state index < -0.39 is 0 Å². The first-order valence-electron chi connectivity index (χ1n) is 9.31. The van der Waals surface area contributed by atoms with Gasteiger partial charge in [0.15, 0.2) is 0 Å². The van der Waals surface area contributed by atoms with Crippen LogP contribution in [0.25, 0.3) is 10.9 Å². The van der Waals surface area contributed by atoms with Crippen LogP contribution in [-0.2, 0) is 6.42 Å². The summed E-state index contributed by atoms with van der Waals surface area (Å²) in [5.41, 5.74) is 3.38. The number of phenolic OH excluding ortho intramolecular Hbond substituents is 1. The molecule has 0 saturated carbocycles. The summed E-state index contributed by atoms with van der Waals surface area (Å²) < 4.78 is 0. The van der Waals surface area contributed by atoms with Gasteiger partial charge >= 0.3 is 0 Å². The molecular weight excluding hydrogens is 382 g/mol. The SMILES string of the molecule is C=CCc1cc([C@@H](Nc2ccccn2)c2ccc(Cl)cc2)c2cccnc2c1O. The summed E-state index contributed by atoms with van der Waals surface area (Å²) in [5, 5.41) is 15.8. The second-order valence-electron chi connectivity index (χ2n) is 6.71. The summed E-state index contributed by atoms with van der Waals surface area (Å²) in [7, 11) is 0. The standard InChI is InChI=1S/C24H20ClN3O/c1-2-6-17-15-20(19-7-5-14-27-23(19)24(17)29)22(16-9-11-18(25)12-10-16)28-21-8-3-4-13-26-21/h2-5,7-15,22,29H,1,6H2,(H,26,28)/t22-/m0/s1. The maximum Gasteiger partial charge on any atom is 0.145 e. The van der Waals surface area contributed by atoms with Crippen LogP contribution in [0, 0.1) is 0 Å². The van der Waals surface area contributed by atoms with Gasteiger partial charge in [0.1, 0.15) is 17.1 Å². The van der Waals surface area contributed by atoms with Gasteiger partial charge in [0.25, 0.3) is 0 Å². The van der Waals surface area contributed by atoms with Gasteiger partial charge in [0.2, 0.25) is 0 Å². The molecule has 2 aromatic heterocycles.